The van der Waals surface area contributed by atoms with Crippen molar-refractivity contribution in [1.29, 1.82) is 0 Å². The maximum Gasteiger partial charge on any atom is 0.391 e. The molecule has 3 fully saturated rings. The molecule has 48 heavy (non-hydrogen) atoms. The summed E-state index contributed by atoms with van der Waals surface area (Å²) < 4.78 is 41.6. The van der Waals surface area contributed by atoms with Crippen molar-refractivity contribution in [3.63, 3.8) is 0 Å². The molecule has 2 aliphatic carbocycles. The van der Waals surface area contributed by atoms with E-state index in [2.05, 4.69) is 25.8 Å². The van der Waals surface area contributed by atoms with E-state index >= 15 is 0 Å². The zero-order valence-corrected chi connectivity index (χ0v) is 27.8. The van der Waals surface area contributed by atoms with E-state index in [-0.39, 0.29) is 30.5 Å². The molecule has 14 heteroatoms. The number of nitrogens with zero attached hydrogens (tertiary/aromatic N) is 4. The molecular formula is C34H36Cl2F3N7O2. The Labute approximate surface area is 285 Å². The molecule has 1 saturated heterocycles. The number of pyridine rings is 1. The Morgan fingerprint density at radius 3 is 2.50 bits per heavy atom. The summed E-state index contributed by atoms with van der Waals surface area (Å²) in [4.78, 5) is 24.8. The van der Waals surface area contributed by atoms with Crippen LogP contribution in [0.2, 0.25) is 10.0 Å². The molecule has 0 bridgehead atoms. The fourth-order valence-corrected chi connectivity index (χ4v) is 7.61. The van der Waals surface area contributed by atoms with E-state index in [9.17, 15) is 23.1 Å². The summed E-state index contributed by atoms with van der Waals surface area (Å²) in [7, 11) is 1.87. The van der Waals surface area contributed by atoms with Gasteiger partial charge in [0.25, 0.3) is 5.91 Å². The summed E-state index contributed by atoms with van der Waals surface area (Å²) in [5.41, 5.74) is 4.78. The van der Waals surface area contributed by atoms with Crippen LogP contribution in [0, 0.1) is 17.8 Å². The minimum Gasteiger partial charge on any atom is -0.506 e. The van der Waals surface area contributed by atoms with Crippen molar-refractivity contribution in [2.75, 3.05) is 23.3 Å². The van der Waals surface area contributed by atoms with Crippen molar-refractivity contribution in [1.82, 2.24) is 25.2 Å². The molecule has 2 aromatic carbocycles. The Morgan fingerprint density at radius 1 is 1.04 bits per heavy atom. The van der Waals surface area contributed by atoms with Crippen molar-refractivity contribution in [3.8, 4) is 5.75 Å². The third kappa shape index (κ3) is 6.75. The molecule has 2 unspecified atom stereocenters. The molecule has 254 valence electrons. The van der Waals surface area contributed by atoms with Gasteiger partial charge in [0.15, 0.2) is 0 Å². The van der Waals surface area contributed by atoms with Gasteiger partial charge in [0, 0.05) is 45.5 Å². The number of carbonyl (C=O) groups is 1. The predicted octanol–water partition coefficient (Wildman–Crippen LogP) is 7.32. The average Bonchev–Trinajstić information content (AvgIpc) is 3.53. The molecule has 7 rings (SSSR count). The quantitative estimate of drug-likeness (QED) is 0.145. The van der Waals surface area contributed by atoms with Crippen LogP contribution in [0.15, 0.2) is 42.7 Å². The van der Waals surface area contributed by atoms with Crippen molar-refractivity contribution in [3.05, 3.63) is 69.5 Å². The molecule has 4 aromatic rings. The second kappa shape index (κ2) is 12.9. The highest BCUT2D eigenvalue weighted by molar-refractivity contribution is 6.39. The maximum atomic E-state index is 13.7. The van der Waals surface area contributed by atoms with Crippen LogP contribution < -0.4 is 20.9 Å². The van der Waals surface area contributed by atoms with Gasteiger partial charge in [0.2, 0.25) is 5.95 Å². The number of rotatable bonds is 9. The molecule has 0 spiro atoms. The first-order valence-corrected chi connectivity index (χ1v) is 16.9. The minimum absolute atomic E-state index is 0.0164. The number of carbonyl (C=O) groups excluding carboxylic acids is 1. The number of hydrogen-bond donors (Lipinski definition) is 4. The topological polar surface area (TPSA) is 107 Å². The number of benzene rings is 2. The Morgan fingerprint density at radius 2 is 1.79 bits per heavy atom. The number of aromatic nitrogens is 3. The number of nitrogens with one attached hydrogen (secondary N) is 3. The van der Waals surface area contributed by atoms with Gasteiger partial charge in [-0.2, -0.15) is 13.2 Å². The number of anilines is 3. The fraction of sp³-hybridized carbons (Fsp3) is 0.441. The van der Waals surface area contributed by atoms with Crippen LogP contribution in [0.1, 0.15) is 53.6 Å². The van der Waals surface area contributed by atoms with Crippen molar-refractivity contribution >= 4 is 57.5 Å². The molecule has 1 aliphatic heterocycles. The highest BCUT2D eigenvalue weighted by atomic mass is 35.5. The lowest BCUT2D eigenvalue weighted by Crippen LogP contribution is -2.40. The van der Waals surface area contributed by atoms with Crippen LogP contribution >= 0.6 is 23.2 Å². The van der Waals surface area contributed by atoms with Gasteiger partial charge in [-0.25, -0.2) is 4.98 Å². The van der Waals surface area contributed by atoms with Crippen LogP contribution in [0.5, 0.6) is 5.75 Å². The summed E-state index contributed by atoms with van der Waals surface area (Å²) >= 11 is 13.5. The molecule has 9 nitrogen and oxygen atoms in total. The summed E-state index contributed by atoms with van der Waals surface area (Å²) in [5, 5.41) is 20.1. The highest BCUT2D eigenvalue weighted by Crippen LogP contribution is 2.47. The van der Waals surface area contributed by atoms with E-state index in [4.69, 9.17) is 28.2 Å². The number of amides is 1. The fourth-order valence-electron chi connectivity index (χ4n) is 7.08. The third-order valence-corrected chi connectivity index (χ3v) is 10.7. The Balaban J connectivity index is 1.13. The van der Waals surface area contributed by atoms with Crippen molar-refractivity contribution < 1.29 is 23.1 Å². The zero-order valence-electron chi connectivity index (χ0n) is 26.2. The lowest BCUT2D eigenvalue weighted by atomic mass is 9.85. The second-order valence-corrected chi connectivity index (χ2v) is 14.0. The van der Waals surface area contributed by atoms with E-state index < -0.39 is 12.1 Å². The third-order valence-electron chi connectivity index (χ3n) is 9.92. The van der Waals surface area contributed by atoms with E-state index in [0.29, 0.717) is 70.5 Å². The largest absolute Gasteiger partial charge is 0.506 e. The highest BCUT2D eigenvalue weighted by Gasteiger charge is 2.46. The number of aryl methyl sites for hydroxylation is 1. The first-order valence-electron chi connectivity index (χ1n) is 16.1. The number of aromatic hydroxyl groups is 1. The van der Waals surface area contributed by atoms with E-state index in [1.54, 1.807) is 24.4 Å². The number of fused-ring (bicyclic) bond motifs is 2. The molecule has 1 amide bonds. The van der Waals surface area contributed by atoms with Crippen molar-refractivity contribution in [2.45, 2.75) is 57.4 Å². The Kier molecular flexibility index (Phi) is 8.84. The molecule has 4 N–H and O–H groups in total. The van der Waals surface area contributed by atoms with Gasteiger partial charge in [-0.05, 0) is 79.3 Å². The molecule has 2 aromatic heterocycles. The first kappa shape index (κ1) is 32.8. The molecule has 3 heterocycles. The number of alkyl halides is 3. The number of halogens is 5. The van der Waals surface area contributed by atoms with Gasteiger partial charge < -0.3 is 30.5 Å². The summed E-state index contributed by atoms with van der Waals surface area (Å²) in [5.74, 6) is 0.214. The second-order valence-electron chi connectivity index (χ2n) is 13.3. The van der Waals surface area contributed by atoms with Crippen LogP contribution in [0.3, 0.4) is 0 Å². The summed E-state index contributed by atoms with van der Waals surface area (Å²) in [6, 6.07) is 8.68. The van der Waals surface area contributed by atoms with Crippen LogP contribution in [0.25, 0.3) is 11.0 Å². The SMILES string of the molecule is Cn1c(Nc2c(Cl)ccc(CNCc3cncc(O)c3)c2Cl)nc2cc(C(=O)NC3CCC(C(F)(F)F)CC3)c(N3CC4CC4C3)cc21. The smallest absolute Gasteiger partial charge is 0.391 e. The molecule has 2 saturated carbocycles. The van der Waals surface area contributed by atoms with E-state index in [1.807, 2.05) is 23.7 Å². The van der Waals surface area contributed by atoms with Crippen LogP contribution in [-0.4, -0.2) is 50.9 Å². The van der Waals surface area contributed by atoms with Crippen LogP contribution in [-0.2, 0) is 20.1 Å². The first-order chi connectivity index (χ1) is 22.9. The molecule has 0 radical (unpaired) electrons. The van der Waals surface area contributed by atoms with Gasteiger partial charge >= 0.3 is 6.18 Å². The van der Waals surface area contributed by atoms with Gasteiger partial charge in [-0.15, -0.1) is 0 Å². The van der Waals surface area contributed by atoms with E-state index in [1.165, 1.54) is 12.6 Å². The van der Waals surface area contributed by atoms with Gasteiger partial charge in [0.05, 0.1) is 50.1 Å². The number of imidazole rings is 1. The lowest BCUT2D eigenvalue weighted by molar-refractivity contribution is -0.182. The standard InChI is InChI=1S/C34H36Cl2F3N7O2/c1-45-29-11-28(46-16-20-9-21(20)17-46)25(32(48)42-23-5-3-22(4-6-23)34(37,38)39)10-27(29)43-33(45)44-31-26(35)7-2-19(30(31)36)14-40-12-18-8-24(47)15-41-13-18/h2,7-8,10-11,13,15,20-23,40,47H,3-6,9,12,14,16-17H2,1H3,(H,42,48)(H,43,44). The Bertz CT molecular complexity index is 1850. The summed E-state index contributed by atoms with van der Waals surface area (Å²) in [6.07, 6.45) is 0.665. The Hall–Kier alpha value is -3.74. The molecular weight excluding hydrogens is 666 g/mol. The minimum atomic E-state index is -4.20. The van der Waals surface area contributed by atoms with Gasteiger partial charge in [-0.1, -0.05) is 29.3 Å². The predicted molar refractivity (Wildman–Crippen MR) is 180 cm³/mol. The number of hydrogen-bond acceptors (Lipinski definition) is 7. The van der Waals surface area contributed by atoms with Gasteiger partial charge in [0.1, 0.15) is 5.75 Å². The maximum absolute atomic E-state index is 13.7. The normalized spacial score (nSPS) is 22.2. The van der Waals surface area contributed by atoms with E-state index in [0.717, 1.165) is 35.4 Å². The zero-order chi connectivity index (χ0) is 33.7. The molecule has 3 aliphatic rings. The number of piperidine rings is 1. The summed E-state index contributed by atoms with van der Waals surface area (Å²) in [6.45, 7) is 2.63. The molecule has 2 atom stereocenters. The lowest BCUT2D eigenvalue weighted by Gasteiger charge is -2.31. The monoisotopic (exact) mass is 701 g/mol. The van der Waals surface area contributed by atoms with Crippen molar-refractivity contribution in [2.24, 2.45) is 24.8 Å². The van der Waals surface area contributed by atoms with Gasteiger partial charge in [-0.3, -0.25) is 9.78 Å². The van der Waals surface area contributed by atoms with Crippen LogP contribution in [0.4, 0.5) is 30.5 Å². The average molecular weight is 703 g/mol.